The Morgan fingerprint density at radius 2 is 1.83 bits per heavy atom. The van der Waals surface area contributed by atoms with Crippen molar-refractivity contribution in [3.63, 3.8) is 0 Å². The Hall–Kier alpha value is -1.07. The lowest BCUT2D eigenvalue weighted by molar-refractivity contribution is 0.102. The van der Waals surface area contributed by atoms with Crippen molar-refractivity contribution in [2.45, 2.75) is 6.92 Å². The quantitative estimate of drug-likeness (QED) is 0.774. The van der Waals surface area contributed by atoms with Crippen LogP contribution in [0.5, 0.6) is 0 Å². The summed E-state index contributed by atoms with van der Waals surface area (Å²) in [6.45, 7) is 1.91. The maximum absolute atomic E-state index is 12.0. The van der Waals surface area contributed by atoms with E-state index >= 15 is 0 Å². The van der Waals surface area contributed by atoms with Crippen molar-refractivity contribution in [3.8, 4) is 0 Å². The fourth-order valence-electron chi connectivity index (χ4n) is 1.60. The molecule has 0 atom stereocenters. The van der Waals surface area contributed by atoms with Crippen LogP contribution in [0.3, 0.4) is 0 Å². The number of carbonyl (C=O) groups is 1. The number of amides is 1. The number of halogens is 2. The van der Waals surface area contributed by atoms with E-state index in [1.807, 2.05) is 43.3 Å². The fraction of sp³-hybridized carbons (Fsp3) is 0.0714. The number of rotatable bonds is 2. The molecule has 0 aliphatic heterocycles. The molecule has 0 bridgehead atoms. The minimum atomic E-state index is -0.151. The summed E-state index contributed by atoms with van der Waals surface area (Å²) in [7, 11) is 0. The molecule has 0 aliphatic rings. The Kier molecular flexibility index (Phi) is 4.24. The SMILES string of the molecule is Cc1cc(Cl)cc(C(=O)Nc2ccc(I)cc2)c1. The zero-order valence-corrected chi connectivity index (χ0v) is 12.6. The monoisotopic (exact) mass is 371 g/mol. The van der Waals surface area contributed by atoms with Crippen LogP contribution in [0.15, 0.2) is 42.5 Å². The highest BCUT2D eigenvalue weighted by Gasteiger charge is 2.07. The van der Waals surface area contributed by atoms with Crippen molar-refractivity contribution in [3.05, 3.63) is 62.2 Å². The Labute approximate surface area is 124 Å². The number of aryl methyl sites for hydroxylation is 1. The minimum absolute atomic E-state index is 0.151. The summed E-state index contributed by atoms with van der Waals surface area (Å²) in [6, 6.07) is 12.9. The lowest BCUT2D eigenvalue weighted by Crippen LogP contribution is -2.12. The van der Waals surface area contributed by atoms with Crippen LogP contribution in [0.1, 0.15) is 15.9 Å². The molecular formula is C14H11ClINO. The maximum Gasteiger partial charge on any atom is 0.255 e. The number of hydrogen-bond donors (Lipinski definition) is 1. The predicted octanol–water partition coefficient (Wildman–Crippen LogP) is 4.51. The van der Waals surface area contributed by atoms with E-state index in [-0.39, 0.29) is 5.91 Å². The molecule has 2 aromatic rings. The summed E-state index contributed by atoms with van der Waals surface area (Å²) in [5.74, 6) is -0.151. The normalized spacial score (nSPS) is 10.2. The van der Waals surface area contributed by atoms with Gasteiger partial charge in [-0.25, -0.2) is 0 Å². The Morgan fingerprint density at radius 1 is 1.17 bits per heavy atom. The van der Waals surface area contributed by atoms with Gasteiger partial charge in [-0.1, -0.05) is 11.6 Å². The first-order valence-corrected chi connectivity index (χ1v) is 6.84. The van der Waals surface area contributed by atoms with Crippen LogP contribution in [-0.2, 0) is 0 Å². The Morgan fingerprint density at radius 3 is 2.44 bits per heavy atom. The minimum Gasteiger partial charge on any atom is -0.322 e. The van der Waals surface area contributed by atoms with Crippen LogP contribution in [0, 0.1) is 10.5 Å². The molecule has 0 radical (unpaired) electrons. The van der Waals surface area contributed by atoms with Gasteiger partial charge in [-0.05, 0) is 77.5 Å². The smallest absolute Gasteiger partial charge is 0.255 e. The van der Waals surface area contributed by atoms with Gasteiger partial charge in [-0.3, -0.25) is 4.79 Å². The van der Waals surface area contributed by atoms with E-state index in [1.165, 1.54) is 0 Å². The maximum atomic E-state index is 12.0. The average molecular weight is 372 g/mol. The van der Waals surface area contributed by atoms with E-state index in [1.54, 1.807) is 6.07 Å². The molecule has 0 fully saturated rings. The van der Waals surface area contributed by atoms with Crippen molar-refractivity contribution in [2.24, 2.45) is 0 Å². The van der Waals surface area contributed by atoms with Gasteiger partial charge in [0.05, 0.1) is 0 Å². The summed E-state index contributed by atoms with van der Waals surface area (Å²) in [5.41, 5.74) is 2.31. The largest absolute Gasteiger partial charge is 0.322 e. The van der Waals surface area contributed by atoms with Gasteiger partial charge in [0, 0.05) is 19.8 Å². The highest BCUT2D eigenvalue weighted by molar-refractivity contribution is 14.1. The Bertz CT molecular complexity index is 561. The molecule has 1 amide bonds. The second-order valence-electron chi connectivity index (χ2n) is 3.98. The zero-order valence-electron chi connectivity index (χ0n) is 9.71. The summed E-state index contributed by atoms with van der Waals surface area (Å²) < 4.78 is 1.13. The second-order valence-corrected chi connectivity index (χ2v) is 5.66. The van der Waals surface area contributed by atoms with Crippen LogP contribution >= 0.6 is 34.2 Å². The highest BCUT2D eigenvalue weighted by Crippen LogP contribution is 2.17. The molecule has 4 heteroatoms. The molecule has 92 valence electrons. The second kappa shape index (κ2) is 5.71. The van der Waals surface area contributed by atoms with Crippen molar-refractivity contribution in [1.29, 1.82) is 0 Å². The van der Waals surface area contributed by atoms with Gasteiger partial charge < -0.3 is 5.32 Å². The average Bonchev–Trinajstić information content (AvgIpc) is 2.31. The van der Waals surface area contributed by atoms with Gasteiger partial charge in [0.1, 0.15) is 0 Å². The number of hydrogen-bond acceptors (Lipinski definition) is 1. The highest BCUT2D eigenvalue weighted by atomic mass is 127. The van der Waals surface area contributed by atoms with E-state index in [0.29, 0.717) is 10.6 Å². The first kappa shape index (κ1) is 13.4. The lowest BCUT2D eigenvalue weighted by atomic mass is 10.1. The standard InChI is InChI=1S/C14H11ClINO/c1-9-6-10(8-11(15)7-9)14(18)17-13-4-2-12(16)3-5-13/h2-8H,1H3,(H,17,18). The van der Waals surface area contributed by atoms with E-state index in [4.69, 9.17) is 11.6 Å². The van der Waals surface area contributed by atoms with Crippen LogP contribution < -0.4 is 5.32 Å². The zero-order chi connectivity index (χ0) is 13.1. The van der Waals surface area contributed by atoms with Crippen LogP contribution in [0.2, 0.25) is 5.02 Å². The van der Waals surface area contributed by atoms with Crippen LogP contribution in [0.25, 0.3) is 0 Å². The topological polar surface area (TPSA) is 29.1 Å². The molecular weight excluding hydrogens is 361 g/mol. The molecule has 0 unspecified atom stereocenters. The molecule has 2 nitrogen and oxygen atoms in total. The molecule has 0 aliphatic carbocycles. The lowest BCUT2D eigenvalue weighted by Gasteiger charge is -2.06. The number of anilines is 1. The van der Waals surface area contributed by atoms with Gasteiger partial charge in [-0.2, -0.15) is 0 Å². The third kappa shape index (κ3) is 3.46. The van der Waals surface area contributed by atoms with Gasteiger partial charge in [0.2, 0.25) is 0 Å². The van der Waals surface area contributed by atoms with Gasteiger partial charge >= 0.3 is 0 Å². The number of carbonyl (C=O) groups excluding carboxylic acids is 1. The molecule has 0 aromatic heterocycles. The third-order valence-electron chi connectivity index (χ3n) is 2.41. The first-order chi connectivity index (χ1) is 8.54. The Balaban J connectivity index is 2.19. The molecule has 0 saturated carbocycles. The molecule has 1 N–H and O–H groups in total. The van der Waals surface area contributed by atoms with Crippen LogP contribution in [0.4, 0.5) is 5.69 Å². The van der Waals surface area contributed by atoms with E-state index < -0.39 is 0 Å². The molecule has 2 aromatic carbocycles. The van der Waals surface area contributed by atoms with Gasteiger partial charge in [0.25, 0.3) is 5.91 Å². The molecule has 0 saturated heterocycles. The molecule has 0 spiro atoms. The van der Waals surface area contributed by atoms with Crippen molar-refractivity contribution < 1.29 is 4.79 Å². The molecule has 18 heavy (non-hydrogen) atoms. The van der Waals surface area contributed by atoms with Gasteiger partial charge in [0.15, 0.2) is 0 Å². The van der Waals surface area contributed by atoms with Crippen LogP contribution in [-0.4, -0.2) is 5.91 Å². The summed E-state index contributed by atoms with van der Waals surface area (Å²) in [4.78, 5) is 12.0. The number of benzene rings is 2. The summed E-state index contributed by atoms with van der Waals surface area (Å²) in [5, 5.41) is 3.41. The predicted molar refractivity (Wildman–Crippen MR) is 83.3 cm³/mol. The third-order valence-corrected chi connectivity index (χ3v) is 3.34. The van der Waals surface area contributed by atoms with E-state index in [2.05, 4.69) is 27.9 Å². The van der Waals surface area contributed by atoms with Gasteiger partial charge in [-0.15, -0.1) is 0 Å². The molecule has 2 rings (SSSR count). The van der Waals surface area contributed by atoms with Crippen molar-refractivity contribution in [2.75, 3.05) is 5.32 Å². The fourth-order valence-corrected chi connectivity index (χ4v) is 2.25. The number of nitrogens with one attached hydrogen (secondary N) is 1. The first-order valence-electron chi connectivity index (χ1n) is 5.39. The van der Waals surface area contributed by atoms with E-state index in [9.17, 15) is 4.79 Å². The van der Waals surface area contributed by atoms with E-state index in [0.717, 1.165) is 14.8 Å². The van der Waals surface area contributed by atoms with Crippen molar-refractivity contribution >= 4 is 45.8 Å². The summed E-state index contributed by atoms with van der Waals surface area (Å²) >= 11 is 8.16. The molecule has 0 heterocycles. The van der Waals surface area contributed by atoms with Crippen molar-refractivity contribution in [1.82, 2.24) is 0 Å². The summed E-state index contributed by atoms with van der Waals surface area (Å²) in [6.07, 6.45) is 0.